The van der Waals surface area contributed by atoms with Gasteiger partial charge in [0.25, 0.3) is 0 Å². The molecule has 0 atom stereocenters. The van der Waals surface area contributed by atoms with Crippen molar-refractivity contribution in [2.75, 3.05) is 19.4 Å². The fourth-order valence-electron chi connectivity index (χ4n) is 3.68. The molecule has 0 spiro atoms. The highest BCUT2D eigenvalue weighted by Crippen LogP contribution is 2.47. The lowest BCUT2D eigenvalue weighted by Gasteiger charge is -2.19. The number of hydrogen-bond acceptors (Lipinski definition) is 6. The van der Waals surface area contributed by atoms with E-state index in [0.29, 0.717) is 28.4 Å². The van der Waals surface area contributed by atoms with Crippen molar-refractivity contribution >= 4 is 56.4 Å². The van der Waals surface area contributed by atoms with Crippen LogP contribution in [-0.4, -0.2) is 34.6 Å². The average Bonchev–Trinajstić information content (AvgIpc) is 3.22. The molecule has 2 aliphatic rings. The summed E-state index contributed by atoms with van der Waals surface area (Å²) >= 11 is 14.5. The third kappa shape index (κ3) is 2.82. The van der Waals surface area contributed by atoms with Crippen molar-refractivity contribution in [1.82, 2.24) is 14.9 Å². The van der Waals surface area contributed by atoms with Crippen LogP contribution in [0.15, 0.2) is 18.7 Å². The monoisotopic (exact) mass is 432 g/mol. The van der Waals surface area contributed by atoms with Crippen LogP contribution >= 0.6 is 34.5 Å². The quantitative estimate of drug-likeness (QED) is 0.609. The molecule has 5 nitrogen and oxygen atoms in total. The molecule has 1 fully saturated rings. The number of halogens is 2. The summed E-state index contributed by atoms with van der Waals surface area (Å²) in [6, 6.07) is 4.38. The maximum Gasteiger partial charge on any atom is 0.221 e. The zero-order chi connectivity index (χ0) is 19.6. The van der Waals surface area contributed by atoms with E-state index in [0.717, 1.165) is 44.0 Å². The Labute approximate surface area is 176 Å². The average molecular weight is 433 g/mol. The molecule has 144 valence electrons. The van der Waals surface area contributed by atoms with E-state index in [-0.39, 0.29) is 5.95 Å². The zero-order valence-corrected chi connectivity index (χ0v) is 17.6. The van der Waals surface area contributed by atoms with Crippen LogP contribution < -0.4 is 10.5 Å². The fraction of sp³-hybridized carbons (Fsp3) is 0.300. The molecule has 1 saturated carbocycles. The van der Waals surface area contributed by atoms with Crippen molar-refractivity contribution in [2.24, 2.45) is 0 Å². The van der Waals surface area contributed by atoms with Crippen LogP contribution in [0.2, 0.25) is 10.0 Å². The fourth-order valence-corrected chi connectivity index (χ4v) is 5.38. The minimum Gasteiger partial charge on any atom is -0.491 e. The molecule has 28 heavy (non-hydrogen) atoms. The number of nitrogens with two attached hydrogens (primary N) is 1. The number of rotatable bonds is 4. The molecule has 5 rings (SSSR count). The molecule has 1 aromatic carbocycles. The first-order chi connectivity index (χ1) is 13.4. The van der Waals surface area contributed by atoms with Gasteiger partial charge in [-0.05, 0) is 25.0 Å². The van der Waals surface area contributed by atoms with Crippen molar-refractivity contribution in [3.8, 4) is 17.0 Å². The minimum absolute atomic E-state index is 0.218. The summed E-state index contributed by atoms with van der Waals surface area (Å²) in [6.45, 7) is 4.86. The second-order valence-corrected chi connectivity index (χ2v) is 9.02. The van der Waals surface area contributed by atoms with E-state index in [1.54, 1.807) is 17.4 Å². The first-order valence-corrected chi connectivity index (χ1v) is 10.6. The second-order valence-electron chi connectivity index (χ2n) is 7.17. The van der Waals surface area contributed by atoms with Crippen LogP contribution in [0.4, 0.5) is 5.95 Å². The first-order valence-electron chi connectivity index (χ1n) is 9.07. The van der Waals surface area contributed by atoms with Gasteiger partial charge >= 0.3 is 0 Å². The van der Waals surface area contributed by atoms with Crippen molar-refractivity contribution in [3.63, 3.8) is 0 Å². The summed E-state index contributed by atoms with van der Waals surface area (Å²) in [4.78, 5) is 13.1. The lowest BCUT2D eigenvalue weighted by Crippen LogP contribution is -2.17. The summed E-state index contributed by atoms with van der Waals surface area (Å²) in [5.74, 6) is 0.899. The molecule has 0 amide bonds. The summed E-state index contributed by atoms with van der Waals surface area (Å²) in [7, 11) is 2.09. The van der Waals surface area contributed by atoms with Gasteiger partial charge in [0.15, 0.2) is 0 Å². The van der Waals surface area contributed by atoms with Gasteiger partial charge in [-0.2, -0.15) is 0 Å². The van der Waals surface area contributed by atoms with Gasteiger partial charge in [-0.1, -0.05) is 29.8 Å². The number of nitrogens with zero attached hydrogens (tertiary/aromatic N) is 3. The van der Waals surface area contributed by atoms with E-state index in [1.807, 2.05) is 0 Å². The number of benzene rings is 1. The summed E-state index contributed by atoms with van der Waals surface area (Å²) < 4.78 is 5.71. The summed E-state index contributed by atoms with van der Waals surface area (Å²) in [5.41, 5.74) is 9.54. The molecule has 0 radical (unpaired) electrons. The van der Waals surface area contributed by atoms with Crippen LogP contribution in [0.3, 0.4) is 0 Å². The van der Waals surface area contributed by atoms with Crippen molar-refractivity contribution in [2.45, 2.75) is 25.3 Å². The van der Waals surface area contributed by atoms with E-state index in [4.69, 9.17) is 33.7 Å². The maximum absolute atomic E-state index is 6.61. The van der Waals surface area contributed by atoms with Gasteiger partial charge in [0.05, 0.1) is 27.2 Å². The Bertz CT molecular complexity index is 1140. The van der Waals surface area contributed by atoms with E-state index in [1.165, 1.54) is 12.8 Å². The molecular formula is C20H18Cl2N4OS. The van der Waals surface area contributed by atoms with E-state index in [2.05, 4.69) is 34.6 Å². The number of ether oxygens (including phenoxy) is 1. The minimum atomic E-state index is 0.218. The lowest BCUT2D eigenvalue weighted by molar-refractivity contribution is 0.357. The highest BCUT2D eigenvalue weighted by molar-refractivity contribution is 7.19. The van der Waals surface area contributed by atoms with Gasteiger partial charge in [-0.3, -0.25) is 0 Å². The number of hydrogen-bond donors (Lipinski definition) is 1. The molecule has 2 aromatic heterocycles. The predicted octanol–water partition coefficient (Wildman–Crippen LogP) is 5.25. The number of nitrogen functional groups attached to an aromatic ring is 1. The maximum atomic E-state index is 6.61. The van der Waals surface area contributed by atoms with Gasteiger partial charge in [-0.15, -0.1) is 11.3 Å². The molecule has 0 saturated heterocycles. The Morgan fingerprint density at radius 2 is 2.07 bits per heavy atom. The predicted molar refractivity (Wildman–Crippen MR) is 116 cm³/mol. The number of thiophene rings is 1. The van der Waals surface area contributed by atoms with Crippen LogP contribution in [-0.2, 0) is 6.42 Å². The Morgan fingerprint density at radius 3 is 2.82 bits per heavy atom. The van der Waals surface area contributed by atoms with Gasteiger partial charge < -0.3 is 15.4 Å². The van der Waals surface area contributed by atoms with Crippen molar-refractivity contribution < 1.29 is 4.74 Å². The molecule has 0 bridgehead atoms. The van der Waals surface area contributed by atoms with Gasteiger partial charge in [0.1, 0.15) is 10.6 Å². The standard InChI is InChI=1S/C20H18Cl2N4OS/c1-9(26(2)10-3-4-10)15-7-12-17(24-20(23)25-19(12)28-15)16-11-5-6-27-18(11)14(22)8-13(16)21/h7-8,10H,1,3-6H2,2H3,(H2,23,24,25). The van der Waals surface area contributed by atoms with Gasteiger partial charge in [-0.25, -0.2) is 9.97 Å². The molecule has 1 aliphatic heterocycles. The summed E-state index contributed by atoms with van der Waals surface area (Å²) in [6.07, 6.45) is 3.15. The molecule has 3 aromatic rings. The van der Waals surface area contributed by atoms with Crippen molar-refractivity contribution in [3.05, 3.63) is 39.2 Å². The Hall–Kier alpha value is -2.02. The SMILES string of the molecule is C=C(c1cc2c(-c3c(Cl)cc(Cl)c4c3CCO4)nc(N)nc2s1)N(C)C1CC1. The van der Waals surface area contributed by atoms with Crippen LogP contribution in [0.1, 0.15) is 23.3 Å². The molecule has 0 unspecified atom stereocenters. The van der Waals surface area contributed by atoms with Gasteiger partial charge in [0, 0.05) is 41.7 Å². The third-order valence-electron chi connectivity index (χ3n) is 5.34. The number of aromatic nitrogens is 2. The highest BCUT2D eigenvalue weighted by Gasteiger charge is 2.29. The van der Waals surface area contributed by atoms with E-state index >= 15 is 0 Å². The van der Waals surface area contributed by atoms with Gasteiger partial charge in [0.2, 0.25) is 5.95 Å². The molecule has 2 N–H and O–H groups in total. The zero-order valence-electron chi connectivity index (χ0n) is 15.3. The number of fused-ring (bicyclic) bond motifs is 2. The molecule has 3 heterocycles. The molecular weight excluding hydrogens is 415 g/mol. The summed E-state index contributed by atoms with van der Waals surface area (Å²) in [5, 5.41) is 1.97. The third-order valence-corrected chi connectivity index (χ3v) is 6.99. The van der Waals surface area contributed by atoms with E-state index in [9.17, 15) is 0 Å². The Morgan fingerprint density at radius 1 is 1.29 bits per heavy atom. The second kappa shape index (κ2) is 6.51. The van der Waals surface area contributed by atoms with Crippen LogP contribution in [0.25, 0.3) is 27.2 Å². The first kappa shape index (κ1) is 18.0. The van der Waals surface area contributed by atoms with Crippen molar-refractivity contribution in [1.29, 1.82) is 0 Å². The van der Waals surface area contributed by atoms with E-state index < -0.39 is 0 Å². The normalized spacial score (nSPS) is 15.5. The Kier molecular flexibility index (Phi) is 4.19. The molecule has 1 aliphatic carbocycles. The topological polar surface area (TPSA) is 64.3 Å². The highest BCUT2D eigenvalue weighted by atomic mass is 35.5. The Balaban J connectivity index is 1.71. The number of anilines is 1. The van der Waals surface area contributed by atoms with Crippen LogP contribution in [0, 0.1) is 0 Å². The smallest absolute Gasteiger partial charge is 0.221 e. The van der Waals surface area contributed by atoms with Crippen LogP contribution in [0.5, 0.6) is 5.75 Å². The lowest BCUT2D eigenvalue weighted by atomic mass is 10.00. The molecule has 8 heteroatoms. The largest absolute Gasteiger partial charge is 0.491 e.